The molecule has 1 saturated heterocycles. The first-order chi connectivity index (χ1) is 7.58. The Morgan fingerprint density at radius 3 is 2.69 bits per heavy atom. The molecule has 0 saturated carbocycles. The molecule has 0 radical (unpaired) electrons. The molecule has 86 valence electrons. The maximum atomic E-state index is 12.9. The summed E-state index contributed by atoms with van der Waals surface area (Å²) in [6, 6.07) is 3.18. The van der Waals surface area contributed by atoms with Crippen LogP contribution < -0.4 is 5.73 Å². The molecule has 1 heterocycles. The standard InChI is InChI=1S/C11H12F2N2O/c12-8-2-1-7(5-9(8)13)6-15-4-3-10(14)11(15)16/h1-2,5,10H,3-4,6,14H2. The van der Waals surface area contributed by atoms with Crippen LogP contribution in [0, 0.1) is 11.6 Å². The van der Waals surface area contributed by atoms with Gasteiger partial charge in [-0.3, -0.25) is 4.79 Å². The van der Waals surface area contributed by atoms with E-state index in [1.165, 1.54) is 6.07 Å². The van der Waals surface area contributed by atoms with Crippen molar-refractivity contribution in [3.05, 3.63) is 35.4 Å². The Kier molecular flexibility index (Phi) is 2.87. The van der Waals surface area contributed by atoms with E-state index in [0.717, 1.165) is 12.1 Å². The van der Waals surface area contributed by atoms with Crippen LogP contribution in [0.25, 0.3) is 0 Å². The van der Waals surface area contributed by atoms with Gasteiger partial charge in [0.25, 0.3) is 0 Å². The Bertz CT molecular complexity index is 422. The van der Waals surface area contributed by atoms with Crippen LogP contribution in [0.2, 0.25) is 0 Å². The zero-order chi connectivity index (χ0) is 11.7. The molecule has 16 heavy (non-hydrogen) atoms. The van der Waals surface area contributed by atoms with E-state index in [2.05, 4.69) is 0 Å². The number of benzene rings is 1. The number of hydrogen-bond donors (Lipinski definition) is 1. The van der Waals surface area contributed by atoms with Gasteiger partial charge in [0.1, 0.15) is 0 Å². The quantitative estimate of drug-likeness (QED) is 0.818. The maximum absolute atomic E-state index is 12.9. The molecule has 0 aliphatic carbocycles. The molecule has 1 aromatic rings. The molecule has 1 aliphatic heterocycles. The van der Waals surface area contributed by atoms with Crippen molar-refractivity contribution in [3.8, 4) is 0 Å². The van der Waals surface area contributed by atoms with E-state index in [-0.39, 0.29) is 12.5 Å². The van der Waals surface area contributed by atoms with E-state index < -0.39 is 17.7 Å². The zero-order valence-electron chi connectivity index (χ0n) is 8.62. The van der Waals surface area contributed by atoms with Gasteiger partial charge in [-0.2, -0.15) is 0 Å². The highest BCUT2D eigenvalue weighted by atomic mass is 19.2. The topological polar surface area (TPSA) is 46.3 Å². The maximum Gasteiger partial charge on any atom is 0.239 e. The van der Waals surface area contributed by atoms with Gasteiger partial charge in [-0.05, 0) is 24.1 Å². The van der Waals surface area contributed by atoms with E-state index in [1.807, 2.05) is 0 Å². The molecular formula is C11H12F2N2O. The van der Waals surface area contributed by atoms with Gasteiger partial charge in [0.2, 0.25) is 5.91 Å². The van der Waals surface area contributed by atoms with Crippen LogP contribution in [0.15, 0.2) is 18.2 Å². The summed E-state index contributed by atoms with van der Waals surface area (Å²) in [7, 11) is 0. The fourth-order valence-corrected chi connectivity index (χ4v) is 1.78. The Hall–Kier alpha value is -1.49. The molecule has 0 spiro atoms. The van der Waals surface area contributed by atoms with Crippen LogP contribution in [0.5, 0.6) is 0 Å². The molecule has 1 aliphatic rings. The monoisotopic (exact) mass is 226 g/mol. The summed E-state index contributed by atoms with van der Waals surface area (Å²) < 4.78 is 25.6. The second kappa shape index (κ2) is 4.17. The molecular weight excluding hydrogens is 214 g/mol. The largest absolute Gasteiger partial charge is 0.337 e. The van der Waals surface area contributed by atoms with E-state index in [1.54, 1.807) is 4.90 Å². The summed E-state index contributed by atoms with van der Waals surface area (Å²) in [5.41, 5.74) is 6.12. The summed E-state index contributed by atoms with van der Waals surface area (Å²) in [5.74, 6) is -1.91. The lowest BCUT2D eigenvalue weighted by molar-refractivity contribution is -0.129. The molecule has 0 aromatic heterocycles. The molecule has 1 aromatic carbocycles. The Balaban J connectivity index is 2.10. The summed E-state index contributed by atoms with van der Waals surface area (Å²) in [6.07, 6.45) is 0.614. The number of amides is 1. The minimum Gasteiger partial charge on any atom is -0.337 e. The van der Waals surface area contributed by atoms with Crippen LogP contribution in [-0.2, 0) is 11.3 Å². The van der Waals surface area contributed by atoms with Gasteiger partial charge in [0, 0.05) is 13.1 Å². The molecule has 5 heteroatoms. The number of hydrogen-bond acceptors (Lipinski definition) is 2. The number of halogens is 2. The van der Waals surface area contributed by atoms with Gasteiger partial charge in [0.05, 0.1) is 6.04 Å². The first-order valence-electron chi connectivity index (χ1n) is 5.06. The summed E-state index contributed by atoms with van der Waals surface area (Å²) in [5, 5.41) is 0. The van der Waals surface area contributed by atoms with Gasteiger partial charge in [-0.25, -0.2) is 8.78 Å². The third-order valence-corrected chi connectivity index (χ3v) is 2.70. The lowest BCUT2D eigenvalue weighted by atomic mass is 10.2. The normalized spacial score (nSPS) is 20.6. The second-order valence-corrected chi connectivity index (χ2v) is 3.90. The molecule has 3 nitrogen and oxygen atoms in total. The van der Waals surface area contributed by atoms with Crippen LogP contribution in [-0.4, -0.2) is 23.4 Å². The van der Waals surface area contributed by atoms with Gasteiger partial charge in [0.15, 0.2) is 11.6 Å². The fraction of sp³-hybridized carbons (Fsp3) is 0.364. The third kappa shape index (κ3) is 2.04. The van der Waals surface area contributed by atoms with Gasteiger partial charge >= 0.3 is 0 Å². The molecule has 1 atom stereocenters. The predicted octanol–water partition coefficient (Wildman–Crippen LogP) is 1.02. The van der Waals surface area contributed by atoms with Crippen molar-refractivity contribution < 1.29 is 13.6 Å². The zero-order valence-corrected chi connectivity index (χ0v) is 8.62. The molecule has 1 fully saturated rings. The smallest absolute Gasteiger partial charge is 0.239 e. The van der Waals surface area contributed by atoms with Crippen LogP contribution in [0.4, 0.5) is 8.78 Å². The average Bonchev–Trinajstić information content (AvgIpc) is 2.55. The van der Waals surface area contributed by atoms with Crippen LogP contribution >= 0.6 is 0 Å². The molecule has 1 amide bonds. The first kappa shape index (κ1) is 11.0. The Morgan fingerprint density at radius 1 is 1.38 bits per heavy atom. The van der Waals surface area contributed by atoms with Crippen LogP contribution in [0.1, 0.15) is 12.0 Å². The van der Waals surface area contributed by atoms with Crippen molar-refractivity contribution in [2.24, 2.45) is 5.73 Å². The number of nitrogens with two attached hydrogens (primary N) is 1. The minimum atomic E-state index is -0.895. The lowest BCUT2D eigenvalue weighted by Gasteiger charge is -2.15. The fourth-order valence-electron chi connectivity index (χ4n) is 1.78. The van der Waals surface area contributed by atoms with E-state index in [9.17, 15) is 13.6 Å². The summed E-state index contributed by atoms with van der Waals surface area (Å²) in [6.45, 7) is 0.850. The molecule has 1 unspecified atom stereocenters. The third-order valence-electron chi connectivity index (χ3n) is 2.70. The molecule has 2 N–H and O–H groups in total. The number of carbonyl (C=O) groups is 1. The van der Waals surface area contributed by atoms with Gasteiger partial charge < -0.3 is 10.6 Å². The highest BCUT2D eigenvalue weighted by Gasteiger charge is 2.28. The molecule has 0 bridgehead atoms. The van der Waals surface area contributed by atoms with E-state index in [4.69, 9.17) is 5.73 Å². The van der Waals surface area contributed by atoms with Crippen molar-refractivity contribution in [2.45, 2.75) is 19.0 Å². The lowest BCUT2D eigenvalue weighted by Crippen LogP contribution is -2.33. The Morgan fingerprint density at radius 2 is 2.12 bits per heavy atom. The first-order valence-corrected chi connectivity index (χ1v) is 5.06. The number of carbonyl (C=O) groups excluding carboxylic acids is 1. The summed E-state index contributed by atoms with van der Waals surface area (Å²) in [4.78, 5) is 13.0. The Labute approximate surface area is 91.8 Å². The van der Waals surface area contributed by atoms with Crippen molar-refractivity contribution in [3.63, 3.8) is 0 Å². The van der Waals surface area contributed by atoms with Crippen molar-refractivity contribution in [2.75, 3.05) is 6.54 Å². The van der Waals surface area contributed by atoms with Gasteiger partial charge in [-0.15, -0.1) is 0 Å². The van der Waals surface area contributed by atoms with E-state index in [0.29, 0.717) is 18.5 Å². The van der Waals surface area contributed by atoms with E-state index >= 15 is 0 Å². The van der Waals surface area contributed by atoms with Gasteiger partial charge in [-0.1, -0.05) is 6.07 Å². The van der Waals surface area contributed by atoms with Crippen LogP contribution in [0.3, 0.4) is 0 Å². The van der Waals surface area contributed by atoms with Crippen molar-refractivity contribution in [1.29, 1.82) is 0 Å². The second-order valence-electron chi connectivity index (χ2n) is 3.90. The summed E-state index contributed by atoms with van der Waals surface area (Å²) >= 11 is 0. The van der Waals surface area contributed by atoms with Crippen molar-refractivity contribution in [1.82, 2.24) is 4.90 Å². The highest BCUT2D eigenvalue weighted by Crippen LogP contribution is 2.15. The number of nitrogens with zero attached hydrogens (tertiary/aromatic N) is 1. The van der Waals surface area contributed by atoms with Crippen molar-refractivity contribution >= 4 is 5.91 Å². The predicted molar refractivity (Wildman–Crippen MR) is 54.4 cm³/mol. The number of likely N-dealkylation sites (tertiary alicyclic amines) is 1. The SMILES string of the molecule is NC1CCN(Cc2ccc(F)c(F)c2)C1=O. The number of rotatable bonds is 2. The minimum absolute atomic E-state index is 0.135. The highest BCUT2D eigenvalue weighted by molar-refractivity contribution is 5.83. The average molecular weight is 226 g/mol. The molecule has 2 rings (SSSR count).